The van der Waals surface area contributed by atoms with E-state index in [-0.39, 0.29) is 22.9 Å². The van der Waals surface area contributed by atoms with Crippen molar-refractivity contribution in [2.24, 2.45) is 0 Å². The van der Waals surface area contributed by atoms with Crippen LogP contribution in [-0.2, 0) is 6.18 Å². The molecule has 0 aliphatic heterocycles. The maximum absolute atomic E-state index is 12.6. The van der Waals surface area contributed by atoms with Gasteiger partial charge in [-0.25, -0.2) is 4.98 Å². The van der Waals surface area contributed by atoms with E-state index in [0.29, 0.717) is 13.1 Å². The topological polar surface area (TPSA) is 84.2 Å². The summed E-state index contributed by atoms with van der Waals surface area (Å²) in [4.78, 5) is 22.3. The average Bonchev–Trinajstić information content (AvgIpc) is 3.41. The van der Waals surface area contributed by atoms with Crippen molar-refractivity contribution in [2.45, 2.75) is 6.18 Å². The highest BCUT2D eigenvalue weighted by molar-refractivity contribution is 7.22. The van der Waals surface area contributed by atoms with Crippen LogP contribution in [0.5, 0.6) is 0 Å². The molecule has 2 aromatic heterocycles. The maximum atomic E-state index is 12.6. The lowest BCUT2D eigenvalue weighted by molar-refractivity contribution is -0.159. The second-order valence-corrected chi connectivity index (χ2v) is 7.65. The van der Waals surface area contributed by atoms with Gasteiger partial charge >= 0.3 is 12.1 Å². The van der Waals surface area contributed by atoms with Crippen molar-refractivity contribution in [1.82, 2.24) is 20.4 Å². The zero-order valence-electron chi connectivity index (χ0n) is 16.2. The van der Waals surface area contributed by atoms with Crippen LogP contribution >= 0.6 is 11.3 Å². The standard InChI is InChI=1S/C20H16F3N5O2S/c1-28(19-25-14-7-2-3-8-15(14)31-19)10-9-24-17(29)13-6-4-5-12(11-13)16-26-18(30-27-16)20(21,22)23/h2-8,11H,9-10H2,1H3,(H,24,29). The molecule has 11 heteroatoms. The fourth-order valence-corrected chi connectivity index (χ4v) is 3.77. The van der Waals surface area contributed by atoms with Crippen LogP contribution < -0.4 is 10.2 Å². The summed E-state index contributed by atoms with van der Waals surface area (Å²) in [6, 6.07) is 13.8. The first-order valence-electron chi connectivity index (χ1n) is 9.17. The van der Waals surface area contributed by atoms with E-state index in [0.717, 1.165) is 15.3 Å². The number of likely N-dealkylation sites (N-methyl/N-ethyl adjacent to an activating group) is 1. The first kappa shape index (κ1) is 20.8. The van der Waals surface area contributed by atoms with E-state index in [1.165, 1.54) is 12.1 Å². The monoisotopic (exact) mass is 447 g/mol. The van der Waals surface area contributed by atoms with Gasteiger partial charge in [0.1, 0.15) is 0 Å². The van der Waals surface area contributed by atoms with Crippen LogP contribution in [0.15, 0.2) is 53.1 Å². The molecule has 160 valence electrons. The highest BCUT2D eigenvalue weighted by Crippen LogP contribution is 2.30. The summed E-state index contributed by atoms with van der Waals surface area (Å²) in [5, 5.41) is 6.98. The predicted molar refractivity (Wildman–Crippen MR) is 110 cm³/mol. The summed E-state index contributed by atoms with van der Waals surface area (Å²) < 4.78 is 43.3. The summed E-state index contributed by atoms with van der Waals surface area (Å²) in [6.45, 7) is 0.890. The molecule has 0 bridgehead atoms. The first-order valence-corrected chi connectivity index (χ1v) is 9.99. The normalized spacial score (nSPS) is 11.6. The average molecular weight is 447 g/mol. The number of nitrogens with one attached hydrogen (secondary N) is 1. The molecule has 7 nitrogen and oxygen atoms in total. The van der Waals surface area contributed by atoms with Crippen LogP contribution in [0.2, 0.25) is 0 Å². The molecule has 0 saturated heterocycles. The van der Waals surface area contributed by atoms with Crippen LogP contribution in [0.25, 0.3) is 21.6 Å². The number of anilines is 1. The number of alkyl halides is 3. The van der Waals surface area contributed by atoms with Crippen molar-refractivity contribution in [3.8, 4) is 11.4 Å². The van der Waals surface area contributed by atoms with Gasteiger partial charge in [-0.3, -0.25) is 4.79 Å². The van der Waals surface area contributed by atoms with Crippen LogP contribution in [0.1, 0.15) is 16.2 Å². The molecule has 0 spiro atoms. The van der Waals surface area contributed by atoms with Crippen LogP contribution in [0.3, 0.4) is 0 Å². The lowest BCUT2D eigenvalue weighted by Gasteiger charge is -2.15. The molecule has 2 aromatic carbocycles. The fraction of sp³-hybridized carbons (Fsp3) is 0.200. The van der Waals surface area contributed by atoms with Crippen molar-refractivity contribution in [3.05, 3.63) is 60.0 Å². The number of benzene rings is 2. The Morgan fingerprint density at radius 3 is 2.71 bits per heavy atom. The van der Waals surface area contributed by atoms with E-state index >= 15 is 0 Å². The Labute approximate surface area is 178 Å². The van der Waals surface area contributed by atoms with Crippen LogP contribution in [0, 0.1) is 0 Å². The van der Waals surface area contributed by atoms with Gasteiger partial charge in [0.2, 0.25) is 5.82 Å². The Morgan fingerprint density at radius 1 is 1.16 bits per heavy atom. The number of para-hydroxylation sites is 1. The molecule has 2 heterocycles. The van der Waals surface area contributed by atoms with Crippen molar-refractivity contribution in [1.29, 1.82) is 0 Å². The maximum Gasteiger partial charge on any atom is 0.471 e. The molecule has 4 aromatic rings. The van der Waals surface area contributed by atoms with E-state index in [2.05, 4.69) is 25.0 Å². The van der Waals surface area contributed by atoms with Crippen molar-refractivity contribution < 1.29 is 22.5 Å². The van der Waals surface area contributed by atoms with E-state index in [4.69, 9.17) is 0 Å². The second kappa shape index (κ2) is 8.34. The van der Waals surface area contributed by atoms with E-state index < -0.39 is 12.1 Å². The number of hydrogen-bond acceptors (Lipinski definition) is 7. The third-order valence-electron chi connectivity index (χ3n) is 4.39. The number of nitrogens with zero attached hydrogens (tertiary/aromatic N) is 4. The van der Waals surface area contributed by atoms with E-state index in [1.807, 2.05) is 36.2 Å². The molecule has 0 atom stereocenters. The fourth-order valence-electron chi connectivity index (χ4n) is 2.81. The van der Waals surface area contributed by atoms with Gasteiger partial charge in [0.25, 0.3) is 5.91 Å². The van der Waals surface area contributed by atoms with Gasteiger partial charge in [0, 0.05) is 31.3 Å². The second-order valence-electron chi connectivity index (χ2n) is 6.64. The smallest absolute Gasteiger partial charge is 0.350 e. The molecule has 0 unspecified atom stereocenters. The lowest BCUT2D eigenvalue weighted by Crippen LogP contribution is -2.32. The quantitative estimate of drug-likeness (QED) is 0.476. The van der Waals surface area contributed by atoms with Gasteiger partial charge in [-0.2, -0.15) is 18.2 Å². The third-order valence-corrected chi connectivity index (χ3v) is 5.54. The van der Waals surface area contributed by atoms with Gasteiger partial charge in [0.15, 0.2) is 5.13 Å². The molecule has 0 aliphatic carbocycles. The molecule has 1 N–H and O–H groups in total. The van der Waals surface area contributed by atoms with Crippen molar-refractivity contribution in [2.75, 3.05) is 25.0 Å². The largest absolute Gasteiger partial charge is 0.471 e. The molecule has 0 saturated carbocycles. The Morgan fingerprint density at radius 2 is 1.97 bits per heavy atom. The molecule has 31 heavy (non-hydrogen) atoms. The number of amides is 1. The molecule has 1 amide bonds. The number of fused-ring (bicyclic) bond motifs is 1. The highest BCUT2D eigenvalue weighted by atomic mass is 32.1. The minimum absolute atomic E-state index is 0.238. The summed E-state index contributed by atoms with van der Waals surface area (Å²) in [7, 11) is 1.89. The molecule has 0 fully saturated rings. The van der Waals surface area contributed by atoms with Gasteiger partial charge in [-0.15, -0.1) is 0 Å². The van der Waals surface area contributed by atoms with Crippen LogP contribution in [-0.4, -0.2) is 41.2 Å². The minimum atomic E-state index is -4.73. The molecular formula is C20H16F3N5O2S. The van der Waals surface area contributed by atoms with Gasteiger partial charge < -0.3 is 14.7 Å². The van der Waals surface area contributed by atoms with Gasteiger partial charge in [-0.05, 0) is 24.3 Å². The SMILES string of the molecule is CN(CCNC(=O)c1cccc(-c2noc(C(F)(F)F)n2)c1)c1nc2ccccc2s1. The molecule has 0 radical (unpaired) electrons. The number of aromatic nitrogens is 3. The number of thiazole rings is 1. The Bertz CT molecular complexity index is 1190. The minimum Gasteiger partial charge on any atom is -0.350 e. The zero-order chi connectivity index (χ0) is 22.0. The summed E-state index contributed by atoms with van der Waals surface area (Å²) in [6.07, 6.45) is -4.73. The summed E-state index contributed by atoms with van der Waals surface area (Å²) in [5.74, 6) is -2.04. The molecule has 0 aliphatic rings. The summed E-state index contributed by atoms with van der Waals surface area (Å²) >= 11 is 1.56. The Balaban J connectivity index is 1.37. The van der Waals surface area contributed by atoms with Gasteiger partial charge in [0.05, 0.1) is 10.2 Å². The highest BCUT2D eigenvalue weighted by Gasteiger charge is 2.38. The summed E-state index contributed by atoms with van der Waals surface area (Å²) in [5.41, 5.74) is 1.45. The third kappa shape index (κ3) is 4.66. The number of hydrogen-bond donors (Lipinski definition) is 1. The number of rotatable bonds is 6. The molecule has 4 rings (SSSR count). The number of carbonyl (C=O) groups is 1. The van der Waals surface area contributed by atoms with Crippen LogP contribution in [0.4, 0.5) is 18.3 Å². The number of carbonyl (C=O) groups excluding carboxylic acids is 1. The van der Waals surface area contributed by atoms with Crippen molar-refractivity contribution >= 4 is 32.6 Å². The Kier molecular flexibility index (Phi) is 5.59. The predicted octanol–water partition coefficient (Wildman–Crippen LogP) is 4.23. The van der Waals surface area contributed by atoms with Gasteiger partial charge in [-0.1, -0.05) is 40.8 Å². The zero-order valence-corrected chi connectivity index (χ0v) is 17.0. The number of halogens is 3. The molecular weight excluding hydrogens is 431 g/mol. The van der Waals surface area contributed by atoms with Crippen molar-refractivity contribution in [3.63, 3.8) is 0 Å². The Hall–Kier alpha value is -3.47. The van der Waals surface area contributed by atoms with E-state index in [1.54, 1.807) is 23.5 Å². The van der Waals surface area contributed by atoms with E-state index in [9.17, 15) is 18.0 Å². The lowest BCUT2D eigenvalue weighted by atomic mass is 10.1. The first-order chi connectivity index (χ1) is 14.8.